The predicted molar refractivity (Wildman–Crippen MR) is 161 cm³/mol. The van der Waals surface area contributed by atoms with Gasteiger partial charge in [0.25, 0.3) is 0 Å². The number of methoxy groups -OCH3 is 2. The lowest BCUT2D eigenvalue weighted by Gasteiger charge is -2.34. The standard InChI is InChI=1S/C31H38FN3O6S/c1-5-6-18-33-31(37)28(19-23-12-8-7-9-13-23)34(21-24-14-10-11-15-26(24)32)30(36)22-35(42(4,38)39)27-20-25(40-2)16-17-29(27)41-3/h7-17,20,28H,5-6,18-19,21-22H2,1-4H3,(H,33,37)/t28-/m1/s1. The predicted octanol–water partition coefficient (Wildman–Crippen LogP) is 4.17. The third kappa shape index (κ3) is 8.69. The van der Waals surface area contributed by atoms with E-state index in [1.165, 1.54) is 49.5 Å². The van der Waals surface area contributed by atoms with Crippen LogP contribution in [0.4, 0.5) is 10.1 Å². The highest BCUT2D eigenvalue weighted by Gasteiger charge is 2.34. The van der Waals surface area contributed by atoms with Crippen LogP contribution in [0.1, 0.15) is 30.9 Å². The zero-order valence-electron chi connectivity index (χ0n) is 24.4. The first-order valence-electron chi connectivity index (χ1n) is 13.6. The number of sulfonamides is 1. The topological polar surface area (TPSA) is 105 Å². The molecule has 0 aliphatic heterocycles. The van der Waals surface area contributed by atoms with Crippen molar-refractivity contribution >= 4 is 27.5 Å². The van der Waals surface area contributed by atoms with Crippen LogP contribution in [-0.4, -0.2) is 64.7 Å². The minimum Gasteiger partial charge on any atom is -0.497 e. The second kappa shape index (κ2) is 15.2. The Morgan fingerprint density at radius 3 is 2.29 bits per heavy atom. The fourth-order valence-corrected chi connectivity index (χ4v) is 5.30. The van der Waals surface area contributed by atoms with Gasteiger partial charge >= 0.3 is 0 Å². The Balaban J connectivity index is 2.10. The van der Waals surface area contributed by atoms with E-state index in [0.717, 1.165) is 29.0 Å². The summed E-state index contributed by atoms with van der Waals surface area (Å²) >= 11 is 0. The lowest BCUT2D eigenvalue weighted by atomic mass is 10.0. The summed E-state index contributed by atoms with van der Waals surface area (Å²) in [6.07, 6.45) is 2.70. The zero-order chi connectivity index (χ0) is 30.7. The van der Waals surface area contributed by atoms with Gasteiger partial charge in [-0.2, -0.15) is 0 Å². The maximum Gasteiger partial charge on any atom is 0.244 e. The van der Waals surface area contributed by atoms with E-state index in [-0.39, 0.29) is 30.0 Å². The van der Waals surface area contributed by atoms with Crippen molar-refractivity contribution in [3.05, 3.63) is 89.7 Å². The number of nitrogens with zero attached hydrogens (tertiary/aromatic N) is 2. The zero-order valence-corrected chi connectivity index (χ0v) is 25.2. The van der Waals surface area contributed by atoms with Crippen LogP contribution in [0.15, 0.2) is 72.8 Å². The quantitative estimate of drug-likeness (QED) is 0.263. The molecule has 0 unspecified atom stereocenters. The van der Waals surface area contributed by atoms with Crippen LogP contribution >= 0.6 is 0 Å². The van der Waals surface area contributed by atoms with Crippen LogP contribution in [0.3, 0.4) is 0 Å². The molecule has 1 atom stereocenters. The number of nitrogens with one attached hydrogen (secondary N) is 1. The van der Waals surface area contributed by atoms with Crippen LogP contribution < -0.4 is 19.1 Å². The molecule has 3 rings (SSSR count). The summed E-state index contributed by atoms with van der Waals surface area (Å²) in [6.45, 7) is 1.48. The molecule has 0 aliphatic rings. The molecule has 0 radical (unpaired) electrons. The fraction of sp³-hybridized carbons (Fsp3) is 0.355. The number of rotatable bonds is 15. The lowest BCUT2D eigenvalue weighted by Crippen LogP contribution is -2.53. The molecule has 0 heterocycles. The summed E-state index contributed by atoms with van der Waals surface area (Å²) in [7, 11) is -1.21. The molecule has 1 N–H and O–H groups in total. The number of amides is 2. The van der Waals surface area contributed by atoms with E-state index in [0.29, 0.717) is 12.3 Å². The molecule has 0 spiro atoms. The van der Waals surface area contributed by atoms with E-state index >= 15 is 0 Å². The average Bonchev–Trinajstić information content (AvgIpc) is 2.98. The molecule has 2 amide bonds. The molecule has 3 aromatic rings. The molecule has 9 nitrogen and oxygen atoms in total. The van der Waals surface area contributed by atoms with Gasteiger partial charge in [-0.25, -0.2) is 12.8 Å². The molecule has 42 heavy (non-hydrogen) atoms. The first kappa shape index (κ1) is 32.4. The minimum absolute atomic E-state index is 0.0885. The van der Waals surface area contributed by atoms with Gasteiger partial charge in [-0.3, -0.25) is 13.9 Å². The second-order valence-electron chi connectivity index (χ2n) is 9.77. The van der Waals surface area contributed by atoms with Gasteiger partial charge in [0, 0.05) is 31.1 Å². The highest BCUT2D eigenvalue weighted by Crippen LogP contribution is 2.34. The van der Waals surface area contributed by atoms with Gasteiger partial charge in [0.15, 0.2) is 0 Å². The third-order valence-corrected chi connectivity index (χ3v) is 7.86. The Hall–Kier alpha value is -4.12. The van der Waals surface area contributed by atoms with Crippen molar-refractivity contribution in [1.82, 2.24) is 10.2 Å². The summed E-state index contributed by atoms with van der Waals surface area (Å²) in [5.74, 6) is -1.10. The van der Waals surface area contributed by atoms with Crippen LogP contribution in [0.2, 0.25) is 0 Å². The van der Waals surface area contributed by atoms with Crippen molar-refractivity contribution in [1.29, 1.82) is 0 Å². The number of carbonyl (C=O) groups is 2. The van der Waals surface area contributed by atoms with Gasteiger partial charge in [-0.15, -0.1) is 0 Å². The maximum atomic E-state index is 14.9. The number of anilines is 1. The molecular formula is C31H38FN3O6S. The summed E-state index contributed by atoms with van der Waals surface area (Å²) in [4.78, 5) is 29.0. The number of ether oxygens (including phenoxy) is 2. The first-order chi connectivity index (χ1) is 20.1. The molecule has 0 bridgehead atoms. The van der Waals surface area contributed by atoms with E-state index in [9.17, 15) is 22.4 Å². The van der Waals surface area contributed by atoms with E-state index in [1.807, 2.05) is 37.3 Å². The van der Waals surface area contributed by atoms with Crippen LogP contribution in [-0.2, 0) is 32.6 Å². The van der Waals surface area contributed by atoms with Crippen molar-refractivity contribution in [2.75, 3.05) is 37.9 Å². The highest BCUT2D eigenvalue weighted by atomic mass is 32.2. The minimum atomic E-state index is -4.03. The van der Waals surface area contributed by atoms with Crippen molar-refractivity contribution in [2.45, 2.75) is 38.8 Å². The first-order valence-corrected chi connectivity index (χ1v) is 15.5. The second-order valence-corrected chi connectivity index (χ2v) is 11.7. The van der Waals surface area contributed by atoms with Gasteiger partial charge in [0.1, 0.15) is 29.9 Å². The summed E-state index contributed by atoms with van der Waals surface area (Å²) in [5.41, 5.74) is 1.06. The van der Waals surface area contributed by atoms with Gasteiger partial charge < -0.3 is 19.7 Å². The molecule has 0 aromatic heterocycles. The Morgan fingerprint density at radius 1 is 0.976 bits per heavy atom. The largest absolute Gasteiger partial charge is 0.497 e. The van der Waals surface area contributed by atoms with Gasteiger partial charge in [-0.05, 0) is 30.2 Å². The van der Waals surface area contributed by atoms with Gasteiger partial charge in [0.05, 0.1) is 26.2 Å². The number of benzene rings is 3. The fourth-order valence-electron chi connectivity index (χ4n) is 4.46. The summed E-state index contributed by atoms with van der Waals surface area (Å²) in [6, 6.07) is 18.7. The Morgan fingerprint density at radius 2 is 1.67 bits per heavy atom. The van der Waals surface area contributed by atoms with Crippen molar-refractivity contribution in [2.24, 2.45) is 0 Å². The molecule has 11 heteroatoms. The lowest BCUT2D eigenvalue weighted by molar-refractivity contribution is -0.140. The normalized spacial score (nSPS) is 11.8. The van der Waals surface area contributed by atoms with Crippen molar-refractivity contribution in [3.63, 3.8) is 0 Å². The molecule has 226 valence electrons. The average molecular weight is 600 g/mol. The summed E-state index contributed by atoms with van der Waals surface area (Å²) in [5, 5.41) is 2.89. The van der Waals surface area contributed by atoms with Crippen LogP contribution in [0.5, 0.6) is 11.5 Å². The number of hydrogen-bond donors (Lipinski definition) is 1. The monoisotopic (exact) mass is 599 g/mol. The molecule has 0 saturated carbocycles. The van der Waals surface area contributed by atoms with E-state index in [4.69, 9.17) is 9.47 Å². The number of carbonyl (C=O) groups excluding carboxylic acids is 2. The van der Waals surface area contributed by atoms with Gasteiger partial charge in [0.2, 0.25) is 21.8 Å². The number of unbranched alkanes of at least 4 members (excludes halogenated alkanes) is 1. The van der Waals surface area contributed by atoms with E-state index in [2.05, 4.69) is 5.32 Å². The SMILES string of the molecule is CCCCNC(=O)[C@@H](Cc1ccccc1)N(Cc1ccccc1F)C(=O)CN(c1cc(OC)ccc1OC)S(C)(=O)=O. The number of hydrogen-bond acceptors (Lipinski definition) is 6. The van der Waals surface area contributed by atoms with Crippen LogP contribution in [0, 0.1) is 5.82 Å². The van der Waals surface area contributed by atoms with E-state index in [1.54, 1.807) is 12.1 Å². The molecule has 3 aromatic carbocycles. The third-order valence-electron chi connectivity index (χ3n) is 6.73. The maximum absolute atomic E-state index is 14.9. The van der Waals surface area contributed by atoms with Crippen LogP contribution in [0.25, 0.3) is 0 Å². The van der Waals surface area contributed by atoms with Crippen molar-refractivity contribution in [3.8, 4) is 11.5 Å². The smallest absolute Gasteiger partial charge is 0.244 e. The number of halogens is 1. The Kier molecular flexibility index (Phi) is 11.7. The molecule has 0 aliphatic carbocycles. The van der Waals surface area contributed by atoms with E-state index < -0.39 is 40.2 Å². The highest BCUT2D eigenvalue weighted by molar-refractivity contribution is 7.92. The van der Waals surface area contributed by atoms with Gasteiger partial charge in [-0.1, -0.05) is 61.9 Å². The Labute approximate surface area is 247 Å². The summed E-state index contributed by atoms with van der Waals surface area (Å²) < 4.78 is 52.6. The molecule has 0 fully saturated rings. The molecule has 0 saturated heterocycles. The van der Waals surface area contributed by atoms with Crippen molar-refractivity contribution < 1.29 is 31.9 Å². The Bertz CT molecular complexity index is 1450. The molecular weight excluding hydrogens is 561 g/mol.